The molecule has 172 valence electrons. The minimum Gasteiger partial charge on any atom is -0.494 e. The molecule has 0 bridgehead atoms. The Morgan fingerprint density at radius 1 is 1.03 bits per heavy atom. The van der Waals surface area contributed by atoms with Gasteiger partial charge in [0.2, 0.25) is 0 Å². The highest BCUT2D eigenvalue weighted by molar-refractivity contribution is 5.98. The first kappa shape index (κ1) is 25.0. The van der Waals surface area contributed by atoms with Crippen LogP contribution in [0.2, 0.25) is 0 Å². The van der Waals surface area contributed by atoms with Crippen LogP contribution in [0.4, 0.5) is 5.69 Å². The molecule has 2 rings (SSSR count). The van der Waals surface area contributed by atoms with Crippen LogP contribution < -0.4 is 10.1 Å². The monoisotopic (exact) mass is 428 g/mol. The van der Waals surface area contributed by atoms with Gasteiger partial charge in [0.25, 0.3) is 0 Å². The molecule has 0 fully saturated rings. The summed E-state index contributed by atoms with van der Waals surface area (Å²) in [5, 5.41) is 3.51. The lowest BCUT2D eigenvalue weighted by atomic mass is 9.78. The minimum absolute atomic E-state index is 0.0771. The molecule has 1 N–H and O–H groups in total. The van der Waals surface area contributed by atoms with Crippen molar-refractivity contribution in [2.24, 2.45) is 10.4 Å². The molecule has 0 unspecified atom stereocenters. The van der Waals surface area contributed by atoms with Crippen molar-refractivity contribution in [2.45, 2.75) is 79.1 Å². The molecule has 0 aliphatic heterocycles. The lowest BCUT2D eigenvalue weighted by Gasteiger charge is -2.31. The van der Waals surface area contributed by atoms with E-state index in [2.05, 4.69) is 49.3 Å². The molecule has 0 saturated heterocycles. The number of aliphatic imine (C=N–C) groups is 1. The molecule has 0 spiro atoms. The summed E-state index contributed by atoms with van der Waals surface area (Å²) in [5.74, 6) is 0.631. The Hall–Kier alpha value is -2.30. The average Bonchev–Trinajstić information content (AvgIpc) is 2.72. The number of nitrogens with one attached hydrogen (secondary N) is 1. The fourth-order valence-corrected chi connectivity index (χ4v) is 3.82. The highest BCUT2D eigenvalue weighted by Crippen LogP contribution is 2.34. The smallest absolute Gasteiger partial charge is 0.327 e. The standard InChI is InChI=1S/C26H40N2O3/c1-5-7-8-9-10-11-16-31-24-14-12-21(13-15-24)28-23-17-22(18-26(3,4)19-23)27-20-25(29)30-6-2/h12-15,17,28H,5-11,16,18-20H2,1-4H3. The fraction of sp³-hybridized carbons (Fsp3) is 0.615. The van der Waals surface area contributed by atoms with E-state index in [-0.39, 0.29) is 17.9 Å². The molecule has 5 nitrogen and oxygen atoms in total. The molecular formula is C26H40N2O3. The van der Waals surface area contributed by atoms with Gasteiger partial charge >= 0.3 is 5.97 Å². The second kappa shape index (κ2) is 13.2. The highest BCUT2D eigenvalue weighted by atomic mass is 16.5. The minimum atomic E-state index is -0.280. The molecule has 0 radical (unpaired) electrons. The number of carbonyl (C=O) groups excluding carboxylic acids is 1. The zero-order valence-electron chi connectivity index (χ0n) is 19.8. The zero-order valence-corrected chi connectivity index (χ0v) is 19.8. The Kier molecular flexibility index (Phi) is 10.6. The first-order valence-electron chi connectivity index (χ1n) is 11.8. The maximum Gasteiger partial charge on any atom is 0.327 e. The van der Waals surface area contributed by atoms with Gasteiger partial charge in [-0.1, -0.05) is 52.9 Å². The largest absolute Gasteiger partial charge is 0.494 e. The summed E-state index contributed by atoms with van der Waals surface area (Å²) in [6.07, 6.45) is 11.4. The van der Waals surface area contributed by atoms with Crippen molar-refractivity contribution in [3.63, 3.8) is 0 Å². The van der Waals surface area contributed by atoms with Gasteiger partial charge in [0, 0.05) is 17.1 Å². The number of esters is 1. The van der Waals surface area contributed by atoms with Gasteiger partial charge in [0.15, 0.2) is 0 Å². The van der Waals surface area contributed by atoms with Gasteiger partial charge in [0.1, 0.15) is 12.3 Å². The van der Waals surface area contributed by atoms with Crippen molar-refractivity contribution in [1.29, 1.82) is 0 Å². The maximum atomic E-state index is 11.6. The first-order chi connectivity index (χ1) is 14.9. The number of ether oxygens (including phenoxy) is 2. The summed E-state index contributed by atoms with van der Waals surface area (Å²) >= 11 is 0. The SMILES string of the molecule is CCCCCCCCOc1ccc(NC2=CC(=NCC(=O)OCC)CC(C)(C)C2)cc1. The van der Waals surface area contributed by atoms with E-state index in [9.17, 15) is 4.79 Å². The van der Waals surface area contributed by atoms with Crippen LogP contribution >= 0.6 is 0 Å². The number of unbranched alkanes of at least 4 members (excludes halogenated alkanes) is 5. The molecular weight excluding hydrogens is 388 g/mol. The molecule has 0 atom stereocenters. The van der Waals surface area contributed by atoms with Crippen molar-refractivity contribution in [3.05, 3.63) is 36.0 Å². The third kappa shape index (κ3) is 10.0. The van der Waals surface area contributed by atoms with Crippen LogP contribution in [0.15, 0.2) is 41.0 Å². The number of benzene rings is 1. The zero-order chi connectivity index (χ0) is 22.5. The number of allylic oxidation sites excluding steroid dienone is 2. The van der Waals surface area contributed by atoms with Crippen LogP contribution in [0.3, 0.4) is 0 Å². The Morgan fingerprint density at radius 2 is 1.74 bits per heavy atom. The number of hydrogen-bond acceptors (Lipinski definition) is 5. The Bertz CT molecular complexity index is 736. The van der Waals surface area contributed by atoms with Crippen LogP contribution in [0.1, 0.15) is 79.1 Å². The molecule has 31 heavy (non-hydrogen) atoms. The summed E-state index contributed by atoms with van der Waals surface area (Å²) in [6.45, 7) is 9.73. The van der Waals surface area contributed by atoms with Gasteiger partial charge in [-0.2, -0.15) is 0 Å². The van der Waals surface area contributed by atoms with Crippen molar-refractivity contribution in [3.8, 4) is 5.75 Å². The van der Waals surface area contributed by atoms with Gasteiger partial charge < -0.3 is 14.8 Å². The molecule has 0 saturated carbocycles. The third-order valence-corrected chi connectivity index (χ3v) is 5.31. The molecule has 0 heterocycles. The second-order valence-corrected chi connectivity index (χ2v) is 9.07. The number of anilines is 1. The molecule has 1 aromatic rings. The van der Waals surface area contributed by atoms with Crippen LogP contribution in [0, 0.1) is 5.41 Å². The molecule has 1 aromatic carbocycles. The first-order valence-corrected chi connectivity index (χ1v) is 11.8. The molecule has 0 amide bonds. The number of nitrogens with zero attached hydrogens (tertiary/aromatic N) is 1. The second-order valence-electron chi connectivity index (χ2n) is 9.07. The summed E-state index contributed by atoms with van der Waals surface area (Å²) in [7, 11) is 0. The van der Waals surface area contributed by atoms with Gasteiger partial charge in [-0.3, -0.25) is 9.79 Å². The molecule has 1 aliphatic rings. The Balaban J connectivity index is 1.86. The number of hydrogen-bond donors (Lipinski definition) is 1. The van der Waals surface area contributed by atoms with E-state index in [1.165, 1.54) is 32.1 Å². The quantitative estimate of drug-likeness (QED) is 0.286. The average molecular weight is 429 g/mol. The van der Waals surface area contributed by atoms with Gasteiger partial charge in [-0.05, 0) is 61.9 Å². The van der Waals surface area contributed by atoms with E-state index in [1.54, 1.807) is 0 Å². The Morgan fingerprint density at radius 3 is 2.45 bits per heavy atom. The van der Waals surface area contributed by atoms with Gasteiger partial charge in [-0.15, -0.1) is 0 Å². The predicted octanol–water partition coefficient (Wildman–Crippen LogP) is 6.55. The van der Waals surface area contributed by atoms with E-state index in [1.807, 2.05) is 19.1 Å². The van der Waals surface area contributed by atoms with Crippen molar-refractivity contribution < 1.29 is 14.3 Å². The summed E-state index contributed by atoms with van der Waals surface area (Å²) in [4.78, 5) is 16.1. The molecule has 1 aliphatic carbocycles. The highest BCUT2D eigenvalue weighted by Gasteiger charge is 2.26. The lowest BCUT2D eigenvalue weighted by molar-refractivity contribution is -0.141. The van der Waals surface area contributed by atoms with Crippen molar-refractivity contribution in [1.82, 2.24) is 0 Å². The van der Waals surface area contributed by atoms with Crippen LogP contribution in [-0.2, 0) is 9.53 Å². The molecule has 0 aromatic heterocycles. The summed E-state index contributed by atoms with van der Waals surface area (Å²) < 4.78 is 10.9. The van der Waals surface area contributed by atoms with Crippen LogP contribution in [0.25, 0.3) is 0 Å². The fourth-order valence-electron chi connectivity index (χ4n) is 3.82. The third-order valence-electron chi connectivity index (χ3n) is 5.31. The van der Waals surface area contributed by atoms with Crippen LogP contribution in [-0.4, -0.2) is 31.4 Å². The lowest BCUT2D eigenvalue weighted by Crippen LogP contribution is -2.25. The van der Waals surface area contributed by atoms with E-state index in [0.29, 0.717) is 6.61 Å². The number of rotatable bonds is 13. The number of carbonyl (C=O) groups is 1. The van der Waals surface area contributed by atoms with E-state index in [4.69, 9.17) is 9.47 Å². The molecule has 5 heteroatoms. The topological polar surface area (TPSA) is 59.9 Å². The van der Waals surface area contributed by atoms with Gasteiger partial charge in [0.05, 0.1) is 13.2 Å². The van der Waals surface area contributed by atoms with Crippen LogP contribution in [0.5, 0.6) is 5.75 Å². The predicted molar refractivity (Wildman–Crippen MR) is 129 cm³/mol. The summed E-state index contributed by atoms with van der Waals surface area (Å²) in [6, 6.07) is 8.14. The van der Waals surface area contributed by atoms with E-state index in [0.717, 1.165) is 48.7 Å². The van der Waals surface area contributed by atoms with E-state index >= 15 is 0 Å². The normalized spacial score (nSPS) is 16.6. The van der Waals surface area contributed by atoms with Gasteiger partial charge in [-0.25, -0.2) is 0 Å². The van der Waals surface area contributed by atoms with E-state index < -0.39 is 0 Å². The summed E-state index contributed by atoms with van der Waals surface area (Å²) in [5.41, 5.74) is 3.16. The van der Waals surface area contributed by atoms with Crippen molar-refractivity contribution in [2.75, 3.05) is 25.1 Å². The Labute approximate surface area is 188 Å². The van der Waals surface area contributed by atoms with Crippen molar-refractivity contribution >= 4 is 17.4 Å². The maximum absolute atomic E-state index is 11.6.